The molecule has 4 aromatic carbocycles. The van der Waals surface area contributed by atoms with Crippen LogP contribution in [0, 0.1) is 0 Å². The number of hydrogen-bond donors (Lipinski definition) is 0. The third-order valence-electron chi connectivity index (χ3n) is 7.73. The second kappa shape index (κ2) is 11.3. The summed E-state index contributed by atoms with van der Waals surface area (Å²) in [5.41, 5.74) is 5.06. The normalized spacial score (nSPS) is 15.7. The van der Waals surface area contributed by atoms with E-state index in [4.69, 9.17) is 9.47 Å². The summed E-state index contributed by atoms with van der Waals surface area (Å²) < 4.78 is 11.6. The van der Waals surface area contributed by atoms with Crippen LogP contribution in [0.25, 0.3) is 10.8 Å². The molecule has 2 atom stereocenters. The minimum atomic E-state index is -0.295. The molecule has 4 aromatic rings. The number of rotatable bonds is 8. The van der Waals surface area contributed by atoms with Crippen LogP contribution in [0.4, 0.5) is 11.4 Å². The van der Waals surface area contributed by atoms with Gasteiger partial charge in [-0.25, -0.2) is 4.79 Å². The Kier molecular flexibility index (Phi) is 7.69. The number of carbonyl (C=O) groups excluding carboxylic acids is 1. The van der Waals surface area contributed by atoms with Gasteiger partial charge in [0.1, 0.15) is 11.9 Å². The first-order valence-corrected chi connectivity index (χ1v) is 13.7. The lowest BCUT2D eigenvalue weighted by molar-refractivity contribution is 0.0599. The monoisotopic (exact) mass is 507 g/mol. The number of ether oxygens (including phenoxy) is 2. The first kappa shape index (κ1) is 25.8. The van der Waals surface area contributed by atoms with Gasteiger partial charge in [0.15, 0.2) is 0 Å². The van der Waals surface area contributed by atoms with Gasteiger partial charge < -0.3 is 14.4 Å². The van der Waals surface area contributed by atoms with E-state index in [1.54, 1.807) is 0 Å². The van der Waals surface area contributed by atoms with Gasteiger partial charge in [0.2, 0.25) is 0 Å². The summed E-state index contributed by atoms with van der Waals surface area (Å²) in [4.78, 5) is 14.9. The number of nitrogens with zero attached hydrogens (tertiary/aromatic N) is 1. The van der Waals surface area contributed by atoms with E-state index in [0.717, 1.165) is 48.5 Å². The minimum Gasteiger partial charge on any atom is -0.486 e. The lowest BCUT2D eigenvalue weighted by Crippen LogP contribution is -2.37. The summed E-state index contributed by atoms with van der Waals surface area (Å²) in [6, 6.07) is 29.6. The summed E-state index contributed by atoms with van der Waals surface area (Å²) in [5.74, 6) is 1.29. The number of para-hydroxylation sites is 2. The van der Waals surface area contributed by atoms with Gasteiger partial charge in [-0.05, 0) is 77.3 Å². The molecule has 4 heteroatoms. The second-order valence-electron chi connectivity index (χ2n) is 10.6. The van der Waals surface area contributed by atoms with Crippen LogP contribution in [-0.4, -0.2) is 25.7 Å². The van der Waals surface area contributed by atoms with Crippen LogP contribution in [0.2, 0.25) is 0 Å². The molecule has 0 saturated carbocycles. The van der Waals surface area contributed by atoms with E-state index in [1.807, 2.05) is 24.3 Å². The molecule has 0 aliphatic carbocycles. The Morgan fingerprint density at radius 2 is 1.71 bits per heavy atom. The maximum Gasteiger partial charge on any atom is 0.338 e. The lowest BCUT2D eigenvalue weighted by Gasteiger charge is -2.37. The average Bonchev–Trinajstić information content (AvgIpc) is 2.95. The van der Waals surface area contributed by atoms with Gasteiger partial charge in [-0.15, -0.1) is 0 Å². The third-order valence-corrected chi connectivity index (χ3v) is 7.73. The Morgan fingerprint density at radius 1 is 0.947 bits per heavy atom. The predicted molar refractivity (Wildman–Crippen MR) is 156 cm³/mol. The van der Waals surface area contributed by atoms with Crippen LogP contribution in [-0.2, 0) is 4.74 Å². The Morgan fingerprint density at radius 3 is 2.53 bits per heavy atom. The molecule has 1 aliphatic rings. The van der Waals surface area contributed by atoms with Crippen LogP contribution in [0.3, 0.4) is 0 Å². The van der Waals surface area contributed by atoms with Crippen molar-refractivity contribution in [3.8, 4) is 5.75 Å². The molecular formula is C34H37NO3. The molecule has 0 aromatic heterocycles. The molecule has 0 radical (unpaired) electrons. The summed E-state index contributed by atoms with van der Waals surface area (Å²) in [5, 5.41) is 2.65. The van der Waals surface area contributed by atoms with E-state index in [2.05, 4.69) is 86.3 Å². The summed E-state index contributed by atoms with van der Waals surface area (Å²) in [6.07, 6.45) is 3.21. The number of benzene rings is 4. The minimum absolute atomic E-state index is 0.0657. The Balaban J connectivity index is 1.34. The molecule has 38 heavy (non-hydrogen) atoms. The molecule has 5 rings (SSSR count). The zero-order valence-electron chi connectivity index (χ0n) is 22.8. The number of methoxy groups -OCH3 is 1. The smallest absolute Gasteiger partial charge is 0.338 e. The van der Waals surface area contributed by atoms with Crippen molar-refractivity contribution < 1.29 is 14.3 Å². The maximum absolute atomic E-state index is 12.6. The summed E-state index contributed by atoms with van der Waals surface area (Å²) in [6.45, 7) is 7.26. The van der Waals surface area contributed by atoms with Crippen molar-refractivity contribution in [2.45, 2.75) is 58.0 Å². The van der Waals surface area contributed by atoms with E-state index < -0.39 is 0 Å². The van der Waals surface area contributed by atoms with E-state index in [9.17, 15) is 4.79 Å². The van der Waals surface area contributed by atoms with Gasteiger partial charge in [-0.1, -0.05) is 81.4 Å². The number of esters is 1. The van der Waals surface area contributed by atoms with Gasteiger partial charge in [0, 0.05) is 5.69 Å². The quantitative estimate of drug-likeness (QED) is 0.224. The van der Waals surface area contributed by atoms with Crippen molar-refractivity contribution in [3.05, 3.63) is 102 Å². The fraction of sp³-hybridized carbons (Fsp3) is 0.324. The highest BCUT2D eigenvalue weighted by atomic mass is 16.5. The van der Waals surface area contributed by atoms with Crippen molar-refractivity contribution in [3.63, 3.8) is 0 Å². The number of anilines is 2. The molecule has 0 saturated heterocycles. The highest BCUT2D eigenvalue weighted by Crippen LogP contribution is 2.40. The zero-order chi connectivity index (χ0) is 26.6. The van der Waals surface area contributed by atoms with E-state index >= 15 is 0 Å². The van der Waals surface area contributed by atoms with E-state index in [-0.39, 0.29) is 18.0 Å². The van der Waals surface area contributed by atoms with Crippen LogP contribution in [0.15, 0.2) is 84.9 Å². The molecule has 1 unspecified atom stereocenters. The molecule has 196 valence electrons. The molecule has 0 N–H and O–H groups in total. The van der Waals surface area contributed by atoms with Crippen LogP contribution >= 0.6 is 0 Å². The molecule has 0 spiro atoms. The van der Waals surface area contributed by atoms with Crippen molar-refractivity contribution in [2.24, 2.45) is 0 Å². The van der Waals surface area contributed by atoms with Crippen molar-refractivity contribution in [2.75, 3.05) is 18.6 Å². The number of hydrogen-bond acceptors (Lipinski definition) is 4. The van der Waals surface area contributed by atoms with Crippen molar-refractivity contribution >= 4 is 28.1 Å². The lowest BCUT2D eigenvalue weighted by atomic mass is 9.90. The number of fused-ring (bicyclic) bond motifs is 2. The third kappa shape index (κ3) is 5.26. The summed E-state index contributed by atoms with van der Waals surface area (Å²) >= 11 is 0. The second-order valence-corrected chi connectivity index (χ2v) is 10.6. The van der Waals surface area contributed by atoms with Gasteiger partial charge in [-0.3, -0.25) is 0 Å². The maximum atomic E-state index is 12.6. The molecule has 0 amide bonds. The number of carbonyl (C=O) groups is 1. The molecule has 1 aliphatic heterocycles. The first-order chi connectivity index (χ1) is 18.5. The topological polar surface area (TPSA) is 38.8 Å². The highest BCUT2D eigenvalue weighted by molar-refractivity contribution is 5.93. The van der Waals surface area contributed by atoms with Gasteiger partial charge in [-0.2, -0.15) is 0 Å². The van der Waals surface area contributed by atoms with Crippen LogP contribution in [0.5, 0.6) is 5.75 Å². The van der Waals surface area contributed by atoms with Crippen molar-refractivity contribution in [1.29, 1.82) is 0 Å². The average molecular weight is 508 g/mol. The predicted octanol–water partition coefficient (Wildman–Crippen LogP) is 8.62. The van der Waals surface area contributed by atoms with Gasteiger partial charge in [0.25, 0.3) is 0 Å². The Hall–Kier alpha value is -3.79. The van der Waals surface area contributed by atoms with Crippen molar-refractivity contribution in [1.82, 2.24) is 0 Å². The molecule has 0 bridgehead atoms. The van der Waals surface area contributed by atoms with Gasteiger partial charge in [0.05, 0.1) is 24.9 Å². The Labute approximate surface area is 226 Å². The molecule has 4 nitrogen and oxygen atoms in total. The largest absolute Gasteiger partial charge is 0.486 e. The van der Waals surface area contributed by atoms with E-state index in [0.29, 0.717) is 11.5 Å². The highest BCUT2D eigenvalue weighted by Gasteiger charge is 2.28. The molecule has 1 heterocycles. The fourth-order valence-corrected chi connectivity index (χ4v) is 5.68. The Bertz CT molecular complexity index is 1420. The standard InChI is InChI=1S/C34H37NO3/c1-23(2)28-20-19-26(21-31(28)34(36)37-4)35-22-27(38-33-18-8-7-17-32(33)35)14-9-11-24(3)29-16-10-13-25-12-5-6-15-30(25)29/h5-8,10,12-13,15-21,23-24,27H,9,11,14,22H2,1-4H3/t24-,27?/m0/s1. The molecular weight excluding hydrogens is 470 g/mol. The van der Waals surface area contributed by atoms with E-state index in [1.165, 1.54) is 23.4 Å². The van der Waals surface area contributed by atoms with Crippen LogP contribution in [0.1, 0.15) is 73.4 Å². The van der Waals surface area contributed by atoms with Gasteiger partial charge >= 0.3 is 5.97 Å². The molecule has 0 fully saturated rings. The SMILES string of the molecule is COC(=O)c1cc(N2CC(CCC[C@H](C)c3cccc4ccccc34)Oc3ccccc32)ccc1C(C)C. The fourth-order valence-electron chi connectivity index (χ4n) is 5.68. The first-order valence-electron chi connectivity index (χ1n) is 13.7. The zero-order valence-corrected chi connectivity index (χ0v) is 22.8. The van der Waals surface area contributed by atoms with Crippen LogP contribution < -0.4 is 9.64 Å². The summed E-state index contributed by atoms with van der Waals surface area (Å²) in [7, 11) is 1.44.